The van der Waals surface area contributed by atoms with Crippen LogP contribution in [0.4, 0.5) is 0 Å². The molecule has 0 saturated carbocycles. The van der Waals surface area contributed by atoms with Gasteiger partial charge in [0.2, 0.25) is 0 Å². The topological polar surface area (TPSA) is 57.6 Å². The van der Waals surface area contributed by atoms with Crippen molar-refractivity contribution < 1.29 is 14.7 Å². The molecule has 4 heteroatoms. The molecule has 0 aromatic rings. The Hall–Kier alpha value is -1.50. The molecule has 0 unspecified atom stereocenters. The summed E-state index contributed by atoms with van der Waals surface area (Å²) in [4.78, 5) is 23.5. The highest BCUT2D eigenvalue weighted by Gasteiger charge is 2.36. The van der Waals surface area contributed by atoms with Gasteiger partial charge in [-0.15, -0.1) is 0 Å². The number of amides is 1. The molecular weight excluding hydrogens is 182 g/mol. The van der Waals surface area contributed by atoms with Crippen molar-refractivity contribution >= 4 is 11.9 Å². The zero-order chi connectivity index (χ0) is 11.4. The van der Waals surface area contributed by atoms with Crippen LogP contribution in [0.25, 0.3) is 0 Å². The van der Waals surface area contributed by atoms with Crippen LogP contribution in [0.2, 0.25) is 0 Å². The molecule has 4 nitrogen and oxygen atoms in total. The van der Waals surface area contributed by atoms with E-state index in [1.54, 1.807) is 13.8 Å². The zero-order valence-corrected chi connectivity index (χ0v) is 8.92. The standard InChI is InChI=1S/C10H15NO3/c1-5-7-8(12)11(6-2)10(3,4)9(13)14/h6H2,1-4H3,(H,13,14). The van der Waals surface area contributed by atoms with E-state index in [2.05, 4.69) is 11.8 Å². The summed E-state index contributed by atoms with van der Waals surface area (Å²) < 4.78 is 0. The molecule has 78 valence electrons. The monoisotopic (exact) mass is 197 g/mol. The van der Waals surface area contributed by atoms with Crippen LogP contribution in [0.3, 0.4) is 0 Å². The first kappa shape index (κ1) is 12.5. The Balaban J connectivity index is 4.95. The lowest BCUT2D eigenvalue weighted by molar-refractivity contribution is -0.154. The Morgan fingerprint density at radius 2 is 1.93 bits per heavy atom. The normalized spacial score (nSPS) is 10.0. The summed E-state index contributed by atoms with van der Waals surface area (Å²) in [5, 5.41) is 8.92. The van der Waals surface area contributed by atoms with Gasteiger partial charge in [-0.1, -0.05) is 5.92 Å². The Labute approximate surface area is 83.9 Å². The molecule has 0 aromatic carbocycles. The maximum Gasteiger partial charge on any atom is 0.329 e. The van der Waals surface area contributed by atoms with Gasteiger partial charge in [-0.05, 0) is 33.6 Å². The third-order valence-electron chi connectivity index (χ3n) is 1.99. The van der Waals surface area contributed by atoms with Crippen molar-refractivity contribution in [3.8, 4) is 11.8 Å². The van der Waals surface area contributed by atoms with Crippen molar-refractivity contribution in [1.82, 2.24) is 4.90 Å². The summed E-state index contributed by atoms with van der Waals surface area (Å²) >= 11 is 0. The molecule has 0 bridgehead atoms. The fourth-order valence-electron chi connectivity index (χ4n) is 1.08. The first-order valence-electron chi connectivity index (χ1n) is 4.35. The summed E-state index contributed by atoms with van der Waals surface area (Å²) in [5.41, 5.74) is -1.21. The third-order valence-corrected chi connectivity index (χ3v) is 1.99. The zero-order valence-electron chi connectivity index (χ0n) is 8.92. The largest absolute Gasteiger partial charge is 0.480 e. The van der Waals surface area contributed by atoms with Gasteiger partial charge in [0.05, 0.1) is 0 Å². The third kappa shape index (κ3) is 2.49. The van der Waals surface area contributed by atoms with E-state index in [1.165, 1.54) is 18.7 Å². The lowest BCUT2D eigenvalue weighted by atomic mass is 10.0. The van der Waals surface area contributed by atoms with Crippen LogP contribution in [0.1, 0.15) is 27.7 Å². The van der Waals surface area contributed by atoms with Crippen molar-refractivity contribution in [2.24, 2.45) is 0 Å². The molecule has 0 spiro atoms. The molecule has 14 heavy (non-hydrogen) atoms. The van der Waals surface area contributed by atoms with E-state index in [1.807, 2.05) is 0 Å². The van der Waals surface area contributed by atoms with Gasteiger partial charge in [-0.3, -0.25) is 4.79 Å². The van der Waals surface area contributed by atoms with Crippen LogP contribution in [0.5, 0.6) is 0 Å². The molecule has 0 aromatic heterocycles. The minimum absolute atomic E-state index is 0.326. The van der Waals surface area contributed by atoms with E-state index in [0.717, 1.165) is 0 Å². The van der Waals surface area contributed by atoms with Gasteiger partial charge in [-0.25, -0.2) is 4.79 Å². The summed E-state index contributed by atoms with van der Waals surface area (Å²) in [7, 11) is 0. The summed E-state index contributed by atoms with van der Waals surface area (Å²) in [6.45, 7) is 6.55. The Kier molecular flexibility index (Phi) is 4.16. The summed E-state index contributed by atoms with van der Waals surface area (Å²) in [6.07, 6.45) is 0. The molecule has 0 heterocycles. The van der Waals surface area contributed by atoms with E-state index in [4.69, 9.17) is 5.11 Å². The van der Waals surface area contributed by atoms with Crippen molar-refractivity contribution in [2.75, 3.05) is 6.54 Å². The highest BCUT2D eigenvalue weighted by Crippen LogP contribution is 2.14. The van der Waals surface area contributed by atoms with Gasteiger partial charge >= 0.3 is 5.97 Å². The van der Waals surface area contributed by atoms with E-state index in [0.29, 0.717) is 6.54 Å². The van der Waals surface area contributed by atoms with E-state index >= 15 is 0 Å². The van der Waals surface area contributed by atoms with Gasteiger partial charge in [0.1, 0.15) is 5.54 Å². The first-order chi connectivity index (χ1) is 6.37. The Morgan fingerprint density at radius 3 is 2.21 bits per heavy atom. The smallest absolute Gasteiger partial charge is 0.329 e. The molecule has 0 aliphatic rings. The molecule has 0 saturated heterocycles. The molecule has 0 aliphatic carbocycles. The van der Waals surface area contributed by atoms with Crippen LogP contribution in [-0.2, 0) is 9.59 Å². The summed E-state index contributed by atoms with van der Waals surface area (Å²) in [5.74, 6) is 3.30. The number of hydrogen-bond donors (Lipinski definition) is 1. The highest BCUT2D eigenvalue weighted by molar-refractivity contribution is 5.97. The van der Waals surface area contributed by atoms with E-state index < -0.39 is 17.4 Å². The minimum atomic E-state index is -1.21. The lowest BCUT2D eigenvalue weighted by Crippen LogP contribution is -2.52. The van der Waals surface area contributed by atoms with E-state index in [9.17, 15) is 9.59 Å². The number of nitrogens with zero attached hydrogens (tertiary/aromatic N) is 1. The molecule has 1 N–H and O–H groups in total. The van der Waals surface area contributed by atoms with Crippen LogP contribution in [0, 0.1) is 11.8 Å². The van der Waals surface area contributed by atoms with Gasteiger partial charge in [0, 0.05) is 6.54 Å². The quantitative estimate of drug-likeness (QED) is 0.678. The SMILES string of the molecule is CC#CC(=O)N(CC)C(C)(C)C(=O)O. The average molecular weight is 197 g/mol. The number of likely N-dealkylation sites (N-methyl/N-ethyl adjacent to an activating group) is 1. The second kappa shape index (κ2) is 4.66. The van der Waals surface area contributed by atoms with Gasteiger partial charge in [0.25, 0.3) is 5.91 Å². The lowest BCUT2D eigenvalue weighted by Gasteiger charge is -2.32. The summed E-state index contributed by atoms with van der Waals surface area (Å²) in [6, 6.07) is 0. The number of carbonyl (C=O) groups is 2. The number of carboxylic acids is 1. The second-order valence-electron chi connectivity index (χ2n) is 3.29. The predicted molar refractivity (Wildman–Crippen MR) is 52.6 cm³/mol. The number of carboxylic acid groups (broad SMARTS) is 1. The van der Waals surface area contributed by atoms with Crippen molar-refractivity contribution in [3.63, 3.8) is 0 Å². The number of hydrogen-bond acceptors (Lipinski definition) is 2. The molecule has 0 aliphatic heterocycles. The van der Waals surface area contributed by atoms with Gasteiger partial charge in [-0.2, -0.15) is 0 Å². The van der Waals surface area contributed by atoms with Crippen molar-refractivity contribution in [2.45, 2.75) is 33.2 Å². The maximum atomic E-state index is 11.4. The average Bonchev–Trinajstić information content (AvgIpc) is 2.04. The van der Waals surface area contributed by atoms with Crippen molar-refractivity contribution in [1.29, 1.82) is 0 Å². The number of carbonyl (C=O) groups excluding carboxylic acids is 1. The number of rotatable bonds is 3. The molecule has 0 radical (unpaired) electrons. The van der Waals surface area contributed by atoms with Crippen LogP contribution < -0.4 is 0 Å². The van der Waals surface area contributed by atoms with Gasteiger partial charge in [0.15, 0.2) is 0 Å². The van der Waals surface area contributed by atoms with Crippen LogP contribution in [-0.4, -0.2) is 34.0 Å². The minimum Gasteiger partial charge on any atom is -0.480 e. The Bertz CT molecular complexity index is 296. The predicted octanol–water partition coefficient (Wildman–Crippen LogP) is 0.721. The van der Waals surface area contributed by atoms with Crippen LogP contribution >= 0.6 is 0 Å². The molecule has 1 amide bonds. The Morgan fingerprint density at radius 1 is 1.43 bits per heavy atom. The molecular formula is C10H15NO3. The fraction of sp³-hybridized carbons (Fsp3) is 0.600. The van der Waals surface area contributed by atoms with E-state index in [-0.39, 0.29) is 0 Å². The number of aliphatic carboxylic acids is 1. The molecule has 0 fully saturated rings. The second-order valence-corrected chi connectivity index (χ2v) is 3.29. The molecule has 0 atom stereocenters. The highest BCUT2D eigenvalue weighted by atomic mass is 16.4. The van der Waals surface area contributed by atoms with Crippen molar-refractivity contribution in [3.05, 3.63) is 0 Å². The maximum absolute atomic E-state index is 11.4. The van der Waals surface area contributed by atoms with Crippen LogP contribution in [0.15, 0.2) is 0 Å². The fourth-order valence-corrected chi connectivity index (χ4v) is 1.08. The molecule has 0 rings (SSSR count). The first-order valence-corrected chi connectivity index (χ1v) is 4.35. The van der Waals surface area contributed by atoms with Gasteiger partial charge < -0.3 is 10.0 Å².